The second kappa shape index (κ2) is 21.1. The number of amides is 1. The van der Waals surface area contributed by atoms with E-state index >= 15 is 0 Å². The topological polar surface area (TPSA) is 70.6 Å². The minimum atomic E-state index is -2.76. The summed E-state index contributed by atoms with van der Waals surface area (Å²) in [5.41, 5.74) is 6.62. The van der Waals surface area contributed by atoms with Crippen LogP contribution in [0.15, 0.2) is 145 Å². The van der Waals surface area contributed by atoms with Crippen LogP contribution >= 0.6 is 11.6 Å². The van der Waals surface area contributed by atoms with E-state index in [2.05, 4.69) is 65.0 Å². The van der Waals surface area contributed by atoms with Crippen molar-refractivity contribution in [2.75, 3.05) is 31.6 Å². The summed E-state index contributed by atoms with van der Waals surface area (Å²) >= 11 is 6.20. The Morgan fingerprint density at radius 1 is 0.934 bits per heavy atom. The van der Waals surface area contributed by atoms with Gasteiger partial charge in [0.2, 0.25) is 5.91 Å². The van der Waals surface area contributed by atoms with Crippen LogP contribution in [0.25, 0.3) is 22.4 Å². The van der Waals surface area contributed by atoms with Crippen LogP contribution in [-0.2, 0) is 17.8 Å². The maximum absolute atomic E-state index is 14.6. The van der Waals surface area contributed by atoms with E-state index in [1.54, 1.807) is 18.2 Å². The number of fused-ring (bicyclic) bond motifs is 1. The molecule has 0 bridgehead atoms. The summed E-state index contributed by atoms with van der Waals surface area (Å²) in [6, 6.07) is 43.5. The highest BCUT2D eigenvalue weighted by atomic mass is 35.5. The Morgan fingerprint density at radius 2 is 1.70 bits per heavy atom. The predicted octanol–water partition coefficient (Wildman–Crippen LogP) is 11.1. The zero-order valence-corrected chi connectivity index (χ0v) is 35.6. The maximum Gasteiger partial charge on any atom is 0.677 e. The van der Waals surface area contributed by atoms with Crippen LogP contribution < -0.4 is 20.7 Å². The second-order valence-corrected chi connectivity index (χ2v) is 15.9. The summed E-state index contributed by atoms with van der Waals surface area (Å²) in [5, 5.41) is 13.2. The molecule has 6 aromatic rings. The number of rotatable bonds is 20. The van der Waals surface area contributed by atoms with Crippen molar-refractivity contribution >= 4 is 53.0 Å². The Hall–Kier alpha value is -5.84. The Kier molecular flexibility index (Phi) is 15.0. The first kappa shape index (κ1) is 43.3. The second-order valence-electron chi connectivity index (χ2n) is 15.5. The lowest BCUT2D eigenvalue weighted by Crippen LogP contribution is -2.30. The highest BCUT2D eigenvalue weighted by Gasteiger charge is 2.26. The fraction of sp³-hybridized carbons (Fsp3) is 0.260. The van der Waals surface area contributed by atoms with Gasteiger partial charge in [0.25, 0.3) is 0 Å². The number of hydrogen-bond acceptors (Lipinski definition) is 5. The number of aromatic nitrogens is 1. The molecule has 2 unspecified atom stereocenters. The fourth-order valence-electron chi connectivity index (χ4n) is 7.88. The van der Waals surface area contributed by atoms with Gasteiger partial charge in [-0.1, -0.05) is 110 Å². The van der Waals surface area contributed by atoms with Gasteiger partial charge in [0.05, 0.1) is 6.04 Å². The molecule has 7 nitrogen and oxygen atoms in total. The molecule has 0 radical (unpaired) electrons. The first-order chi connectivity index (χ1) is 29.7. The molecule has 7 rings (SSSR count). The summed E-state index contributed by atoms with van der Waals surface area (Å²) in [4.78, 5) is 15.3. The van der Waals surface area contributed by atoms with E-state index < -0.39 is 7.40 Å². The molecule has 0 spiro atoms. The zero-order chi connectivity index (χ0) is 42.6. The lowest BCUT2D eigenvalue weighted by molar-refractivity contribution is -0.121. The van der Waals surface area contributed by atoms with Crippen molar-refractivity contribution in [1.82, 2.24) is 20.0 Å². The van der Waals surface area contributed by atoms with E-state index in [0.29, 0.717) is 30.6 Å². The highest BCUT2D eigenvalue weighted by molar-refractivity contribution is 6.41. The minimum Gasteiger partial charge on any atom is -0.492 e. The Bertz CT molecular complexity index is 2420. The number of carbonyl (C=O) groups is 1. The molecule has 2 heterocycles. The molecule has 1 aromatic heterocycles. The third-order valence-corrected chi connectivity index (χ3v) is 11.4. The lowest BCUT2D eigenvalue weighted by Gasteiger charge is -2.22. The van der Waals surface area contributed by atoms with Gasteiger partial charge in [-0.15, -0.1) is 0 Å². The van der Waals surface area contributed by atoms with E-state index in [1.807, 2.05) is 97.1 Å². The lowest BCUT2D eigenvalue weighted by atomic mass is 10.0. The van der Waals surface area contributed by atoms with Gasteiger partial charge in [0.15, 0.2) is 0 Å². The average molecular weight is 840 g/mol. The minimum absolute atomic E-state index is 0.0840. The van der Waals surface area contributed by atoms with Gasteiger partial charge in [-0.3, -0.25) is 13.4 Å². The largest absolute Gasteiger partial charge is 0.677 e. The molecule has 0 aliphatic carbocycles. The van der Waals surface area contributed by atoms with Gasteiger partial charge >= 0.3 is 7.40 Å². The number of benzene rings is 5. The van der Waals surface area contributed by atoms with Gasteiger partial charge in [0, 0.05) is 64.3 Å². The molecule has 3 N–H and O–H groups in total. The van der Waals surface area contributed by atoms with Crippen LogP contribution in [0.4, 0.5) is 14.3 Å². The molecule has 0 fully saturated rings. The first-order valence-corrected chi connectivity index (χ1v) is 21.6. The molecule has 2 atom stereocenters. The van der Waals surface area contributed by atoms with Crippen molar-refractivity contribution in [2.45, 2.75) is 58.2 Å². The maximum atomic E-state index is 14.6. The normalized spacial score (nSPS) is 14.8. The molecule has 0 saturated heterocycles. The molecule has 1 aliphatic heterocycles. The fourth-order valence-corrected chi connectivity index (χ4v) is 8.06. The number of anilines is 1. The number of allylic oxidation sites excluding steroid dienone is 1. The SMILES string of the molecule is CCN(CCCC(C)Nc1cccc2cc(Cl)ccc12)CCOc1ccc(CNC(=O)CCc2ccc(/C=C3\NC(c4ccccc4)C=C3c3ccccc3)n2B(F)F)cc1. The third-order valence-electron chi connectivity index (χ3n) is 11.2. The number of aryl methyl sites for hydroxylation is 1. The monoisotopic (exact) mass is 839 g/mol. The summed E-state index contributed by atoms with van der Waals surface area (Å²) in [6.45, 7) is 8.07. The summed E-state index contributed by atoms with van der Waals surface area (Å²) in [7, 11) is -2.76. The first-order valence-electron chi connectivity index (χ1n) is 21.2. The Balaban J connectivity index is 0.845. The van der Waals surface area contributed by atoms with Crippen molar-refractivity contribution in [1.29, 1.82) is 0 Å². The number of nitrogens with zero attached hydrogens (tertiary/aromatic N) is 2. The molecule has 314 valence electrons. The number of carbonyl (C=O) groups excluding carboxylic acids is 1. The van der Waals surface area contributed by atoms with Gasteiger partial charge in [0.1, 0.15) is 12.4 Å². The zero-order valence-electron chi connectivity index (χ0n) is 34.8. The van der Waals surface area contributed by atoms with E-state index in [1.165, 1.54) is 5.39 Å². The molecular formula is C50H53BClF2N5O2. The van der Waals surface area contributed by atoms with Crippen LogP contribution in [0.3, 0.4) is 0 Å². The van der Waals surface area contributed by atoms with Crippen LogP contribution in [0, 0.1) is 0 Å². The van der Waals surface area contributed by atoms with Crippen molar-refractivity contribution in [2.24, 2.45) is 0 Å². The van der Waals surface area contributed by atoms with Gasteiger partial charge in [-0.05, 0) is 116 Å². The number of likely N-dealkylation sites (N-methyl/N-ethyl adjacent to an activating group) is 1. The molecular weight excluding hydrogens is 787 g/mol. The van der Waals surface area contributed by atoms with Crippen molar-refractivity contribution in [3.8, 4) is 5.75 Å². The number of nitrogens with one attached hydrogen (secondary N) is 3. The van der Waals surface area contributed by atoms with Gasteiger partial charge in [-0.2, -0.15) is 0 Å². The molecule has 5 aromatic carbocycles. The van der Waals surface area contributed by atoms with Gasteiger partial charge < -0.3 is 30.1 Å². The summed E-state index contributed by atoms with van der Waals surface area (Å²) < 4.78 is 36.2. The molecule has 1 amide bonds. The Morgan fingerprint density at radius 3 is 2.46 bits per heavy atom. The molecule has 61 heavy (non-hydrogen) atoms. The highest BCUT2D eigenvalue weighted by Crippen LogP contribution is 2.35. The summed E-state index contributed by atoms with van der Waals surface area (Å²) in [5.74, 6) is 0.567. The molecule has 1 aliphatic rings. The van der Waals surface area contributed by atoms with E-state index in [0.717, 1.165) is 86.8 Å². The smallest absolute Gasteiger partial charge is 0.492 e. The molecule has 0 saturated carbocycles. The van der Waals surface area contributed by atoms with Crippen LogP contribution in [0.2, 0.25) is 5.02 Å². The van der Waals surface area contributed by atoms with Crippen molar-refractivity contribution in [3.63, 3.8) is 0 Å². The third kappa shape index (κ3) is 11.7. The number of ether oxygens (including phenoxy) is 1. The van der Waals surface area contributed by atoms with E-state index in [-0.39, 0.29) is 24.8 Å². The van der Waals surface area contributed by atoms with Gasteiger partial charge in [-0.25, -0.2) is 0 Å². The number of halogens is 3. The predicted molar refractivity (Wildman–Crippen MR) is 248 cm³/mol. The quantitative estimate of drug-likeness (QED) is 0.0668. The van der Waals surface area contributed by atoms with Crippen molar-refractivity contribution in [3.05, 3.63) is 178 Å². The van der Waals surface area contributed by atoms with Crippen molar-refractivity contribution < 1.29 is 18.2 Å². The molecule has 11 heteroatoms. The van der Waals surface area contributed by atoms with Crippen LogP contribution in [0.1, 0.15) is 67.2 Å². The average Bonchev–Trinajstić information content (AvgIpc) is 3.89. The van der Waals surface area contributed by atoms with Crippen LogP contribution in [0.5, 0.6) is 5.75 Å². The standard InChI is InChI=1S/C50H53BClF2N5O2/c1-3-58(29-11-12-36(2)56-47-18-10-17-40-32-41(52)21-27-45(40)47)30-31-61-44-25-19-37(20-26-44)35-55-50(60)28-24-42-22-23-43(59(42)51(53)54)33-49-46(38-13-6-4-7-14-38)34-48(57-49)39-15-8-5-9-16-39/h4-10,13-23,25-27,32-34,36,48,56-57H,3,11-12,24,28-31,35H2,1-2H3,(H,55,60)/b49-33-. The Labute approximate surface area is 363 Å². The van der Waals surface area contributed by atoms with E-state index in [9.17, 15) is 13.4 Å². The summed E-state index contributed by atoms with van der Waals surface area (Å²) in [6.07, 6.45) is 6.29. The van der Waals surface area contributed by atoms with Crippen LogP contribution in [-0.4, -0.2) is 55.0 Å². The number of hydrogen-bond donors (Lipinski definition) is 3. The van der Waals surface area contributed by atoms with E-state index in [4.69, 9.17) is 16.3 Å².